The first-order valence-electron chi connectivity index (χ1n) is 10.5. The third kappa shape index (κ3) is 5.19. The second kappa shape index (κ2) is 9.16. The van der Waals surface area contributed by atoms with Crippen LogP contribution in [0, 0.1) is 20.8 Å². The predicted octanol–water partition coefficient (Wildman–Crippen LogP) is 3.30. The van der Waals surface area contributed by atoms with E-state index in [9.17, 15) is 13.2 Å². The van der Waals surface area contributed by atoms with Gasteiger partial charge in [-0.1, -0.05) is 36.8 Å². The van der Waals surface area contributed by atoms with Crippen LogP contribution in [-0.4, -0.2) is 53.1 Å². The summed E-state index contributed by atoms with van der Waals surface area (Å²) in [6, 6.07) is 8.16. The van der Waals surface area contributed by atoms with E-state index in [-0.39, 0.29) is 23.5 Å². The first-order chi connectivity index (χ1) is 14.2. The van der Waals surface area contributed by atoms with Crippen molar-refractivity contribution in [3.63, 3.8) is 0 Å². The Morgan fingerprint density at radius 1 is 1.23 bits per heavy atom. The Morgan fingerprint density at radius 2 is 1.93 bits per heavy atom. The van der Waals surface area contributed by atoms with E-state index in [4.69, 9.17) is 0 Å². The number of carbonyl (C=O) groups excluding carboxylic acids is 1. The standard InChI is InChI=1S/C23H31N3O3S/c1-5-13-25(21-12-14-30(28,29)16-21)23(27)11-10-22-18(3)24-26(19(22)4)15-20-8-6-17(2)7-9-20/h6-11,21H,5,12-16H2,1-4H3/b11-10+. The number of nitrogens with zero attached hydrogens (tertiary/aromatic N) is 3. The summed E-state index contributed by atoms with van der Waals surface area (Å²) in [7, 11) is -3.03. The number of sulfone groups is 1. The molecular formula is C23H31N3O3S. The van der Waals surface area contributed by atoms with Crippen molar-refractivity contribution < 1.29 is 13.2 Å². The summed E-state index contributed by atoms with van der Waals surface area (Å²) in [4.78, 5) is 14.6. The van der Waals surface area contributed by atoms with Gasteiger partial charge in [-0.3, -0.25) is 9.48 Å². The fraction of sp³-hybridized carbons (Fsp3) is 0.478. The van der Waals surface area contributed by atoms with Gasteiger partial charge in [0.15, 0.2) is 9.84 Å². The van der Waals surface area contributed by atoms with E-state index < -0.39 is 9.84 Å². The molecule has 1 atom stereocenters. The monoisotopic (exact) mass is 429 g/mol. The molecule has 1 aliphatic heterocycles. The molecule has 30 heavy (non-hydrogen) atoms. The number of hydrogen-bond donors (Lipinski definition) is 0. The second-order valence-corrected chi connectivity index (χ2v) is 10.4. The topological polar surface area (TPSA) is 72.3 Å². The average molecular weight is 430 g/mol. The van der Waals surface area contributed by atoms with E-state index in [0.717, 1.165) is 23.4 Å². The van der Waals surface area contributed by atoms with Crippen LogP contribution >= 0.6 is 0 Å². The number of amides is 1. The van der Waals surface area contributed by atoms with Crippen LogP contribution in [0.5, 0.6) is 0 Å². The maximum atomic E-state index is 12.9. The third-order valence-electron chi connectivity index (χ3n) is 5.68. The fourth-order valence-corrected chi connectivity index (χ4v) is 5.69. The predicted molar refractivity (Wildman–Crippen MR) is 120 cm³/mol. The molecule has 0 aliphatic carbocycles. The van der Waals surface area contributed by atoms with Crippen molar-refractivity contribution in [3.05, 3.63) is 58.4 Å². The van der Waals surface area contributed by atoms with Crippen LogP contribution in [-0.2, 0) is 21.2 Å². The van der Waals surface area contributed by atoms with Crippen LogP contribution < -0.4 is 0 Å². The van der Waals surface area contributed by atoms with Gasteiger partial charge in [0.1, 0.15) is 0 Å². The molecule has 1 fully saturated rings. The van der Waals surface area contributed by atoms with E-state index in [2.05, 4.69) is 36.3 Å². The average Bonchev–Trinajstić information content (AvgIpc) is 3.18. The number of carbonyl (C=O) groups is 1. The van der Waals surface area contributed by atoms with Crippen molar-refractivity contribution in [2.75, 3.05) is 18.1 Å². The van der Waals surface area contributed by atoms with Gasteiger partial charge in [0.05, 0.1) is 23.7 Å². The van der Waals surface area contributed by atoms with Crippen LogP contribution in [0.4, 0.5) is 0 Å². The molecule has 1 aromatic carbocycles. The normalized spacial score (nSPS) is 18.2. The van der Waals surface area contributed by atoms with E-state index in [1.165, 1.54) is 11.1 Å². The molecule has 6 nitrogen and oxygen atoms in total. The molecule has 0 spiro atoms. The molecule has 7 heteroatoms. The lowest BCUT2D eigenvalue weighted by Crippen LogP contribution is -2.40. The molecule has 1 amide bonds. The van der Waals surface area contributed by atoms with E-state index in [0.29, 0.717) is 19.5 Å². The highest BCUT2D eigenvalue weighted by Crippen LogP contribution is 2.20. The maximum absolute atomic E-state index is 12.9. The van der Waals surface area contributed by atoms with Crippen LogP contribution in [0.15, 0.2) is 30.3 Å². The van der Waals surface area contributed by atoms with Crippen LogP contribution in [0.1, 0.15) is 47.8 Å². The maximum Gasteiger partial charge on any atom is 0.246 e. The van der Waals surface area contributed by atoms with Gasteiger partial charge < -0.3 is 4.90 Å². The van der Waals surface area contributed by atoms with Crippen molar-refractivity contribution in [1.29, 1.82) is 0 Å². The lowest BCUT2D eigenvalue weighted by atomic mass is 10.1. The van der Waals surface area contributed by atoms with Crippen LogP contribution in [0.25, 0.3) is 6.08 Å². The SMILES string of the molecule is CCCN(C(=O)/C=C/c1c(C)nn(Cc2ccc(C)cc2)c1C)C1CCS(=O)(=O)C1. The van der Waals surface area contributed by atoms with E-state index in [1.807, 2.05) is 31.5 Å². The van der Waals surface area contributed by atoms with Gasteiger partial charge in [0, 0.05) is 29.9 Å². The number of benzene rings is 1. The molecule has 0 radical (unpaired) electrons. The van der Waals surface area contributed by atoms with Gasteiger partial charge in [-0.25, -0.2) is 8.42 Å². The fourth-order valence-electron chi connectivity index (χ4n) is 3.96. The Bertz CT molecular complexity index is 1040. The zero-order valence-corrected chi connectivity index (χ0v) is 19.1. The van der Waals surface area contributed by atoms with Gasteiger partial charge in [-0.15, -0.1) is 0 Å². The largest absolute Gasteiger partial charge is 0.335 e. The van der Waals surface area contributed by atoms with Crippen LogP contribution in [0.3, 0.4) is 0 Å². The molecular weight excluding hydrogens is 398 g/mol. The molecule has 1 saturated heterocycles. The van der Waals surface area contributed by atoms with Crippen molar-refractivity contribution in [1.82, 2.24) is 14.7 Å². The number of rotatable bonds is 7. The van der Waals surface area contributed by atoms with Gasteiger partial charge in [-0.05, 0) is 45.3 Å². The summed E-state index contributed by atoms with van der Waals surface area (Å²) in [5.74, 6) is 0.0990. The Balaban J connectivity index is 1.76. The summed E-state index contributed by atoms with van der Waals surface area (Å²) in [5, 5.41) is 4.64. The number of hydrogen-bond acceptors (Lipinski definition) is 4. The van der Waals surface area contributed by atoms with Crippen molar-refractivity contribution in [3.8, 4) is 0 Å². The molecule has 1 unspecified atom stereocenters. The number of aromatic nitrogens is 2. The molecule has 0 bridgehead atoms. The van der Waals surface area contributed by atoms with Crippen LogP contribution in [0.2, 0.25) is 0 Å². The molecule has 162 valence electrons. The summed E-state index contributed by atoms with van der Waals surface area (Å²) in [6.45, 7) is 9.25. The smallest absolute Gasteiger partial charge is 0.246 e. The van der Waals surface area contributed by atoms with Gasteiger partial charge in [0.2, 0.25) is 5.91 Å². The molecule has 3 rings (SSSR count). The highest BCUT2D eigenvalue weighted by atomic mass is 32.2. The highest BCUT2D eigenvalue weighted by Gasteiger charge is 2.33. The third-order valence-corrected chi connectivity index (χ3v) is 7.43. The second-order valence-electron chi connectivity index (χ2n) is 8.15. The summed E-state index contributed by atoms with van der Waals surface area (Å²) < 4.78 is 25.6. The molecule has 0 N–H and O–H groups in total. The minimum Gasteiger partial charge on any atom is -0.335 e. The molecule has 1 aliphatic rings. The zero-order chi connectivity index (χ0) is 21.9. The Labute approximate surface area is 179 Å². The Morgan fingerprint density at radius 3 is 2.53 bits per heavy atom. The minimum absolute atomic E-state index is 0.0686. The highest BCUT2D eigenvalue weighted by molar-refractivity contribution is 7.91. The van der Waals surface area contributed by atoms with Crippen molar-refractivity contribution >= 4 is 21.8 Å². The Kier molecular flexibility index (Phi) is 6.81. The molecule has 2 aromatic rings. The van der Waals surface area contributed by atoms with Crippen molar-refractivity contribution in [2.24, 2.45) is 0 Å². The molecule has 0 saturated carbocycles. The van der Waals surface area contributed by atoms with E-state index >= 15 is 0 Å². The van der Waals surface area contributed by atoms with E-state index in [1.54, 1.807) is 11.0 Å². The summed E-state index contributed by atoms with van der Waals surface area (Å²) >= 11 is 0. The molecule has 2 heterocycles. The van der Waals surface area contributed by atoms with Gasteiger partial charge in [0.25, 0.3) is 0 Å². The quantitative estimate of drug-likeness (QED) is 0.633. The zero-order valence-electron chi connectivity index (χ0n) is 18.3. The number of aryl methyl sites for hydroxylation is 2. The first-order valence-corrected chi connectivity index (χ1v) is 12.3. The minimum atomic E-state index is -3.03. The van der Waals surface area contributed by atoms with Crippen molar-refractivity contribution in [2.45, 2.75) is 53.1 Å². The summed E-state index contributed by atoms with van der Waals surface area (Å²) in [5.41, 5.74) is 5.21. The molecule has 1 aromatic heterocycles. The first kappa shape index (κ1) is 22.3. The van der Waals surface area contributed by atoms with Gasteiger partial charge in [-0.2, -0.15) is 5.10 Å². The lowest BCUT2D eigenvalue weighted by molar-refractivity contribution is -0.127. The summed E-state index contributed by atoms with van der Waals surface area (Å²) in [6.07, 6.45) is 4.70. The van der Waals surface area contributed by atoms with Gasteiger partial charge >= 0.3 is 0 Å². The Hall–Kier alpha value is -2.41. The lowest BCUT2D eigenvalue weighted by Gasteiger charge is -2.26.